The highest BCUT2D eigenvalue weighted by atomic mass is 32.1. The molecule has 0 spiro atoms. The van der Waals surface area contributed by atoms with E-state index in [0.717, 1.165) is 23.1 Å². The van der Waals surface area contributed by atoms with Gasteiger partial charge in [0.1, 0.15) is 4.83 Å². The quantitative estimate of drug-likeness (QED) is 0.897. The van der Waals surface area contributed by atoms with E-state index >= 15 is 0 Å². The third-order valence-corrected chi connectivity index (χ3v) is 3.66. The first-order valence-corrected chi connectivity index (χ1v) is 7.08. The van der Waals surface area contributed by atoms with Crippen molar-refractivity contribution in [1.82, 2.24) is 9.97 Å². The minimum atomic E-state index is 0.179. The maximum Gasteiger partial charge on any atom is 0.227 e. The van der Waals surface area contributed by atoms with Crippen LogP contribution in [0.4, 0.5) is 5.95 Å². The molecule has 0 bridgehead atoms. The zero-order valence-electron chi connectivity index (χ0n) is 11.3. The number of fused-ring (bicyclic) bond motifs is 1. The Balaban J connectivity index is 2.40. The summed E-state index contributed by atoms with van der Waals surface area (Å²) in [5.41, 5.74) is 0. The van der Waals surface area contributed by atoms with Gasteiger partial charge in [-0.2, -0.15) is 4.98 Å². The van der Waals surface area contributed by atoms with Gasteiger partial charge in [-0.1, -0.05) is 13.3 Å². The Morgan fingerprint density at radius 1 is 1.44 bits per heavy atom. The number of nitrogens with one attached hydrogen (secondary N) is 1. The number of hydrogen-bond acceptors (Lipinski definition) is 5. The minimum absolute atomic E-state index is 0.179. The molecule has 1 N–H and O–H groups in total. The molecule has 1 atom stereocenters. The molecule has 4 nitrogen and oxygen atoms in total. The van der Waals surface area contributed by atoms with Gasteiger partial charge in [0.2, 0.25) is 11.8 Å². The number of aromatic nitrogens is 2. The van der Waals surface area contributed by atoms with Crippen LogP contribution in [0.2, 0.25) is 0 Å². The molecule has 2 aromatic rings. The van der Waals surface area contributed by atoms with E-state index in [1.165, 1.54) is 4.88 Å². The van der Waals surface area contributed by atoms with E-state index < -0.39 is 0 Å². The average Bonchev–Trinajstić information content (AvgIpc) is 2.69. The van der Waals surface area contributed by atoms with Gasteiger partial charge in [-0.05, 0) is 26.3 Å². The Kier molecular flexibility index (Phi) is 4.01. The molecule has 0 radical (unpaired) electrons. The summed E-state index contributed by atoms with van der Waals surface area (Å²) in [7, 11) is 1.82. The highest BCUT2D eigenvalue weighted by Gasteiger charge is 2.13. The summed E-state index contributed by atoms with van der Waals surface area (Å²) < 4.78 is 5.94. The van der Waals surface area contributed by atoms with Gasteiger partial charge in [0.05, 0.1) is 11.5 Å². The van der Waals surface area contributed by atoms with E-state index in [9.17, 15) is 0 Å². The second-order valence-electron chi connectivity index (χ2n) is 4.40. The van der Waals surface area contributed by atoms with Crippen LogP contribution in [0.15, 0.2) is 6.07 Å². The summed E-state index contributed by atoms with van der Waals surface area (Å²) >= 11 is 1.67. The van der Waals surface area contributed by atoms with Crippen molar-refractivity contribution in [2.24, 2.45) is 0 Å². The maximum atomic E-state index is 5.94. The molecule has 0 aliphatic heterocycles. The first-order chi connectivity index (χ1) is 8.63. The van der Waals surface area contributed by atoms with Gasteiger partial charge in [-0.3, -0.25) is 0 Å². The molecule has 2 aromatic heterocycles. The largest absolute Gasteiger partial charge is 0.474 e. The zero-order chi connectivity index (χ0) is 13.1. The Bertz CT molecular complexity index is 538. The Morgan fingerprint density at radius 2 is 2.22 bits per heavy atom. The number of thiophene rings is 1. The van der Waals surface area contributed by atoms with E-state index in [0.29, 0.717) is 11.8 Å². The number of hydrogen-bond donors (Lipinski definition) is 1. The van der Waals surface area contributed by atoms with Gasteiger partial charge in [-0.15, -0.1) is 11.3 Å². The van der Waals surface area contributed by atoms with Crippen molar-refractivity contribution in [2.75, 3.05) is 12.4 Å². The third kappa shape index (κ3) is 2.72. The van der Waals surface area contributed by atoms with Crippen molar-refractivity contribution in [3.05, 3.63) is 10.9 Å². The van der Waals surface area contributed by atoms with Gasteiger partial charge in [-0.25, -0.2) is 4.98 Å². The molecular formula is C13H19N3OS. The van der Waals surface area contributed by atoms with Gasteiger partial charge in [0.25, 0.3) is 0 Å². The molecule has 0 fully saturated rings. The molecule has 0 aromatic carbocycles. The van der Waals surface area contributed by atoms with Crippen molar-refractivity contribution >= 4 is 27.5 Å². The molecule has 1 unspecified atom stereocenters. The highest BCUT2D eigenvalue weighted by molar-refractivity contribution is 7.18. The lowest BCUT2D eigenvalue weighted by Crippen LogP contribution is -2.12. The Hall–Kier alpha value is -1.36. The minimum Gasteiger partial charge on any atom is -0.474 e. The number of nitrogens with zero attached hydrogens (tertiary/aromatic N) is 2. The van der Waals surface area contributed by atoms with E-state index in [2.05, 4.69) is 42.1 Å². The first kappa shape index (κ1) is 13.1. The molecule has 0 saturated heterocycles. The van der Waals surface area contributed by atoms with Crippen LogP contribution in [-0.4, -0.2) is 23.1 Å². The normalized spacial score (nSPS) is 12.7. The maximum absolute atomic E-state index is 5.94. The smallest absolute Gasteiger partial charge is 0.227 e. The second-order valence-corrected chi connectivity index (χ2v) is 5.63. The molecule has 0 saturated carbocycles. The third-order valence-electron chi connectivity index (χ3n) is 2.71. The predicted octanol–water partition coefficient (Wildman–Crippen LogP) is 3.61. The number of anilines is 1. The molecule has 5 heteroatoms. The first-order valence-electron chi connectivity index (χ1n) is 6.26. The van der Waals surface area contributed by atoms with Crippen LogP contribution >= 0.6 is 11.3 Å². The Morgan fingerprint density at radius 3 is 2.89 bits per heavy atom. The lowest BCUT2D eigenvalue weighted by atomic mass is 10.2. The van der Waals surface area contributed by atoms with Crippen LogP contribution < -0.4 is 10.1 Å². The van der Waals surface area contributed by atoms with E-state index in [4.69, 9.17) is 4.74 Å². The van der Waals surface area contributed by atoms with E-state index in [-0.39, 0.29) is 6.10 Å². The van der Waals surface area contributed by atoms with Crippen molar-refractivity contribution in [3.8, 4) is 5.88 Å². The van der Waals surface area contributed by atoms with Crippen molar-refractivity contribution in [1.29, 1.82) is 0 Å². The molecule has 2 rings (SSSR count). The lowest BCUT2D eigenvalue weighted by Gasteiger charge is -2.14. The number of aryl methyl sites for hydroxylation is 1. The van der Waals surface area contributed by atoms with Crippen LogP contribution in [0.25, 0.3) is 10.2 Å². The topological polar surface area (TPSA) is 47.0 Å². The molecule has 0 aliphatic carbocycles. The lowest BCUT2D eigenvalue weighted by molar-refractivity contribution is 0.204. The van der Waals surface area contributed by atoms with Crippen LogP contribution in [0.5, 0.6) is 5.88 Å². The van der Waals surface area contributed by atoms with Crippen molar-refractivity contribution in [3.63, 3.8) is 0 Å². The van der Waals surface area contributed by atoms with Gasteiger partial charge >= 0.3 is 0 Å². The van der Waals surface area contributed by atoms with Crippen LogP contribution in [0.1, 0.15) is 31.6 Å². The Labute approximate surface area is 111 Å². The average molecular weight is 265 g/mol. The molecule has 98 valence electrons. The summed E-state index contributed by atoms with van der Waals surface area (Å²) in [4.78, 5) is 11.1. The SMILES string of the molecule is CCCC(C)Oc1nc(NC)nc2sc(C)cc12. The summed E-state index contributed by atoms with van der Waals surface area (Å²) in [6.07, 6.45) is 2.32. The van der Waals surface area contributed by atoms with Crippen molar-refractivity contribution in [2.45, 2.75) is 39.7 Å². The highest BCUT2D eigenvalue weighted by Crippen LogP contribution is 2.31. The van der Waals surface area contributed by atoms with Gasteiger partial charge < -0.3 is 10.1 Å². The van der Waals surface area contributed by atoms with Gasteiger partial charge in [0, 0.05) is 11.9 Å². The van der Waals surface area contributed by atoms with E-state index in [1.807, 2.05) is 7.05 Å². The van der Waals surface area contributed by atoms with Crippen molar-refractivity contribution < 1.29 is 4.74 Å². The molecule has 0 aliphatic rings. The molecule has 2 heterocycles. The number of rotatable bonds is 5. The predicted molar refractivity (Wildman–Crippen MR) is 76.7 cm³/mol. The standard InChI is InChI=1S/C13H19N3OS/c1-5-6-8(2)17-11-10-7-9(3)18-12(10)16-13(14-4)15-11/h7-8H,5-6H2,1-4H3,(H,14,15,16). The van der Waals surface area contributed by atoms with Crippen LogP contribution in [0, 0.1) is 6.92 Å². The second kappa shape index (κ2) is 5.52. The van der Waals surface area contributed by atoms with E-state index in [1.54, 1.807) is 11.3 Å². The molecular weight excluding hydrogens is 246 g/mol. The fraction of sp³-hybridized carbons (Fsp3) is 0.538. The number of ether oxygens (including phenoxy) is 1. The summed E-state index contributed by atoms with van der Waals surface area (Å²) in [6.45, 7) is 6.31. The fourth-order valence-corrected chi connectivity index (χ4v) is 2.74. The van der Waals surface area contributed by atoms with Crippen LogP contribution in [0.3, 0.4) is 0 Å². The molecule has 0 amide bonds. The fourth-order valence-electron chi connectivity index (χ4n) is 1.87. The monoisotopic (exact) mass is 265 g/mol. The van der Waals surface area contributed by atoms with Crippen LogP contribution in [-0.2, 0) is 0 Å². The van der Waals surface area contributed by atoms with Gasteiger partial charge in [0.15, 0.2) is 0 Å². The summed E-state index contributed by atoms with van der Waals surface area (Å²) in [5.74, 6) is 1.30. The summed E-state index contributed by atoms with van der Waals surface area (Å²) in [5, 5.41) is 3.99. The zero-order valence-corrected chi connectivity index (χ0v) is 12.1. The molecule has 18 heavy (non-hydrogen) atoms. The summed E-state index contributed by atoms with van der Waals surface area (Å²) in [6, 6.07) is 2.09.